The first kappa shape index (κ1) is 14.9. The Kier molecular flexibility index (Phi) is 4.18. The molecule has 2 aliphatic rings. The summed E-state index contributed by atoms with van der Waals surface area (Å²) in [5.41, 5.74) is 2.28. The van der Waals surface area contributed by atoms with Crippen molar-refractivity contribution in [1.29, 1.82) is 0 Å². The Morgan fingerprint density at radius 2 is 2.26 bits per heavy atom. The van der Waals surface area contributed by atoms with Crippen LogP contribution in [0.1, 0.15) is 31.9 Å². The van der Waals surface area contributed by atoms with Crippen LogP contribution in [0.25, 0.3) is 11.5 Å². The Morgan fingerprint density at radius 1 is 1.30 bits per heavy atom. The molecule has 2 aliphatic heterocycles. The van der Waals surface area contributed by atoms with E-state index in [0.29, 0.717) is 6.04 Å². The average Bonchev–Trinajstić information content (AvgIpc) is 3.26. The van der Waals surface area contributed by atoms with Crippen molar-refractivity contribution in [2.45, 2.75) is 51.9 Å². The van der Waals surface area contributed by atoms with Crippen molar-refractivity contribution in [3.63, 3.8) is 0 Å². The fourth-order valence-electron chi connectivity index (χ4n) is 3.91. The summed E-state index contributed by atoms with van der Waals surface area (Å²) in [4.78, 5) is 7.17. The molecule has 6 nitrogen and oxygen atoms in total. The maximum absolute atomic E-state index is 4.81. The summed E-state index contributed by atoms with van der Waals surface area (Å²) in [6, 6.07) is 2.83. The highest BCUT2D eigenvalue weighted by Crippen LogP contribution is 2.23. The molecule has 1 N–H and O–H groups in total. The molecule has 0 bridgehead atoms. The topological polar surface area (TPSA) is 50.9 Å². The predicted octanol–water partition coefficient (Wildman–Crippen LogP) is 1.72. The SMILES string of the molecule is CCN1CCCC1Cn1ccnc1-c1cc2n(n1)CCCNC2. The van der Waals surface area contributed by atoms with E-state index < -0.39 is 0 Å². The van der Waals surface area contributed by atoms with Crippen LogP contribution in [0.15, 0.2) is 18.5 Å². The van der Waals surface area contributed by atoms with Crippen LogP contribution in [-0.4, -0.2) is 49.9 Å². The van der Waals surface area contributed by atoms with E-state index >= 15 is 0 Å². The monoisotopic (exact) mass is 314 g/mol. The van der Waals surface area contributed by atoms with Crippen molar-refractivity contribution < 1.29 is 0 Å². The van der Waals surface area contributed by atoms with E-state index in [1.807, 2.05) is 6.20 Å². The van der Waals surface area contributed by atoms with E-state index in [2.05, 4.69) is 43.6 Å². The molecule has 0 aromatic carbocycles. The Balaban J connectivity index is 1.57. The fraction of sp³-hybridized carbons (Fsp3) is 0.647. The molecular formula is C17H26N6. The van der Waals surface area contributed by atoms with Crippen LogP contribution >= 0.6 is 0 Å². The smallest absolute Gasteiger partial charge is 0.160 e. The molecule has 124 valence electrons. The second kappa shape index (κ2) is 6.45. The summed E-state index contributed by atoms with van der Waals surface area (Å²) in [7, 11) is 0. The average molecular weight is 314 g/mol. The van der Waals surface area contributed by atoms with Gasteiger partial charge in [0.2, 0.25) is 0 Å². The predicted molar refractivity (Wildman–Crippen MR) is 90.0 cm³/mol. The molecule has 0 spiro atoms. The highest BCUT2D eigenvalue weighted by molar-refractivity contribution is 5.50. The maximum atomic E-state index is 4.81. The number of nitrogens with one attached hydrogen (secondary N) is 1. The van der Waals surface area contributed by atoms with Gasteiger partial charge in [-0.15, -0.1) is 0 Å². The lowest BCUT2D eigenvalue weighted by atomic mass is 10.2. The molecule has 1 saturated heterocycles. The molecule has 2 aromatic rings. The van der Waals surface area contributed by atoms with Gasteiger partial charge in [0.25, 0.3) is 0 Å². The molecule has 0 radical (unpaired) electrons. The fourth-order valence-corrected chi connectivity index (χ4v) is 3.91. The van der Waals surface area contributed by atoms with Crippen molar-refractivity contribution >= 4 is 0 Å². The zero-order chi connectivity index (χ0) is 15.6. The molecule has 1 atom stereocenters. The van der Waals surface area contributed by atoms with Crippen molar-refractivity contribution in [3.8, 4) is 11.5 Å². The number of fused-ring (bicyclic) bond motifs is 1. The number of nitrogens with zero attached hydrogens (tertiary/aromatic N) is 5. The lowest BCUT2D eigenvalue weighted by molar-refractivity contribution is 0.245. The highest BCUT2D eigenvalue weighted by Gasteiger charge is 2.24. The van der Waals surface area contributed by atoms with Gasteiger partial charge in [0.15, 0.2) is 5.82 Å². The third-order valence-electron chi connectivity index (χ3n) is 5.15. The van der Waals surface area contributed by atoms with E-state index in [9.17, 15) is 0 Å². The van der Waals surface area contributed by atoms with Crippen LogP contribution in [-0.2, 0) is 19.6 Å². The number of likely N-dealkylation sites (N-methyl/N-ethyl adjacent to an activating group) is 1. The molecular weight excluding hydrogens is 288 g/mol. The molecule has 2 aromatic heterocycles. The Hall–Kier alpha value is -1.66. The molecule has 0 amide bonds. The van der Waals surface area contributed by atoms with Crippen molar-refractivity contribution in [2.75, 3.05) is 19.6 Å². The highest BCUT2D eigenvalue weighted by atomic mass is 15.3. The first-order valence-corrected chi connectivity index (χ1v) is 8.88. The van der Waals surface area contributed by atoms with Crippen LogP contribution < -0.4 is 5.32 Å². The third kappa shape index (κ3) is 2.93. The van der Waals surface area contributed by atoms with Crippen LogP contribution in [0, 0.1) is 0 Å². The summed E-state index contributed by atoms with van der Waals surface area (Å²) < 4.78 is 4.43. The van der Waals surface area contributed by atoms with E-state index in [0.717, 1.165) is 50.7 Å². The third-order valence-corrected chi connectivity index (χ3v) is 5.15. The minimum Gasteiger partial charge on any atom is -0.328 e. The number of hydrogen-bond acceptors (Lipinski definition) is 4. The van der Waals surface area contributed by atoms with E-state index in [4.69, 9.17) is 5.10 Å². The van der Waals surface area contributed by atoms with E-state index in [1.54, 1.807) is 0 Å². The van der Waals surface area contributed by atoms with E-state index in [-0.39, 0.29) is 0 Å². The number of likely N-dealkylation sites (tertiary alicyclic amines) is 1. The first-order valence-electron chi connectivity index (χ1n) is 8.88. The molecule has 1 unspecified atom stereocenters. The summed E-state index contributed by atoms with van der Waals surface area (Å²) in [5, 5.41) is 8.26. The Bertz CT molecular complexity index is 634. The van der Waals surface area contributed by atoms with Crippen LogP contribution in [0.3, 0.4) is 0 Å². The van der Waals surface area contributed by atoms with Gasteiger partial charge in [0, 0.05) is 38.1 Å². The largest absolute Gasteiger partial charge is 0.328 e. The molecule has 23 heavy (non-hydrogen) atoms. The second-order valence-electron chi connectivity index (χ2n) is 6.60. The summed E-state index contributed by atoms with van der Waals surface area (Å²) >= 11 is 0. The number of aromatic nitrogens is 4. The normalized spacial score (nSPS) is 22.2. The number of hydrogen-bond donors (Lipinski definition) is 1. The Labute approximate surface area is 137 Å². The second-order valence-corrected chi connectivity index (χ2v) is 6.60. The standard InChI is InChI=1S/C17H26N6/c1-2-21-8-3-5-14(21)13-22-10-7-19-17(22)16-11-15-12-18-6-4-9-23(15)20-16/h7,10-11,14,18H,2-6,8-9,12-13H2,1H3. The zero-order valence-corrected chi connectivity index (χ0v) is 13.9. The van der Waals surface area contributed by atoms with Gasteiger partial charge in [-0.3, -0.25) is 9.58 Å². The quantitative estimate of drug-likeness (QED) is 0.934. The molecule has 6 heteroatoms. The van der Waals surface area contributed by atoms with E-state index in [1.165, 1.54) is 25.1 Å². The lowest BCUT2D eigenvalue weighted by Crippen LogP contribution is -2.32. The van der Waals surface area contributed by atoms with Crippen LogP contribution in [0.5, 0.6) is 0 Å². The van der Waals surface area contributed by atoms with Crippen LogP contribution in [0.4, 0.5) is 0 Å². The number of imidazole rings is 1. The molecule has 0 saturated carbocycles. The first-order chi connectivity index (χ1) is 11.3. The van der Waals surface area contributed by atoms with Gasteiger partial charge in [0.05, 0.1) is 5.69 Å². The maximum Gasteiger partial charge on any atom is 0.160 e. The van der Waals surface area contributed by atoms with Gasteiger partial charge in [-0.2, -0.15) is 5.10 Å². The van der Waals surface area contributed by atoms with Gasteiger partial charge in [0.1, 0.15) is 5.69 Å². The zero-order valence-electron chi connectivity index (χ0n) is 13.9. The van der Waals surface area contributed by atoms with Gasteiger partial charge in [-0.05, 0) is 45.0 Å². The van der Waals surface area contributed by atoms with Crippen molar-refractivity contribution in [1.82, 2.24) is 29.5 Å². The Morgan fingerprint density at radius 3 is 3.17 bits per heavy atom. The lowest BCUT2D eigenvalue weighted by Gasteiger charge is -2.23. The van der Waals surface area contributed by atoms with Gasteiger partial charge >= 0.3 is 0 Å². The summed E-state index contributed by atoms with van der Waals surface area (Å²) in [6.45, 7) is 8.61. The van der Waals surface area contributed by atoms with Crippen molar-refractivity contribution in [3.05, 3.63) is 24.2 Å². The van der Waals surface area contributed by atoms with Crippen LogP contribution in [0.2, 0.25) is 0 Å². The molecule has 1 fully saturated rings. The minimum absolute atomic E-state index is 0.634. The molecule has 4 rings (SSSR count). The summed E-state index contributed by atoms with van der Waals surface area (Å²) in [6.07, 6.45) is 7.74. The van der Waals surface area contributed by atoms with Gasteiger partial charge < -0.3 is 9.88 Å². The summed E-state index contributed by atoms with van der Waals surface area (Å²) in [5.74, 6) is 1.01. The molecule has 4 heterocycles. The van der Waals surface area contributed by atoms with Crippen molar-refractivity contribution in [2.24, 2.45) is 0 Å². The number of rotatable bonds is 4. The van der Waals surface area contributed by atoms with Gasteiger partial charge in [-0.1, -0.05) is 6.92 Å². The minimum atomic E-state index is 0.634. The molecule has 0 aliphatic carbocycles. The van der Waals surface area contributed by atoms with Gasteiger partial charge in [-0.25, -0.2) is 4.98 Å². The number of aryl methyl sites for hydroxylation is 1.